The van der Waals surface area contributed by atoms with E-state index in [1.807, 2.05) is 30.3 Å². The van der Waals surface area contributed by atoms with Crippen molar-refractivity contribution < 1.29 is 23.1 Å². The predicted octanol–water partition coefficient (Wildman–Crippen LogP) is 2.29. The Morgan fingerprint density at radius 2 is 1.72 bits per heavy atom. The molecule has 0 fully saturated rings. The summed E-state index contributed by atoms with van der Waals surface area (Å²) in [5, 5.41) is 12.9. The maximum atomic E-state index is 12.1. The van der Waals surface area contributed by atoms with E-state index in [4.69, 9.17) is 5.11 Å². The maximum Gasteiger partial charge on any atom is 0.305 e. The van der Waals surface area contributed by atoms with E-state index in [1.165, 1.54) is 13.8 Å². The zero-order valence-corrected chi connectivity index (χ0v) is 14.9. The number of carboxylic acids is 1. The summed E-state index contributed by atoms with van der Waals surface area (Å²) < 4.78 is 23.8. The van der Waals surface area contributed by atoms with Crippen LogP contribution < -0.4 is 5.32 Å². The van der Waals surface area contributed by atoms with Crippen LogP contribution in [0, 0.1) is 0 Å². The molecule has 1 amide bonds. The quantitative estimate of drug-likeness (QED) is 0.786. The number of carboxylic acid groups (broad SMARTS) is 1. The molecular weight excluding hydrogens is 342 g/mol. The van der Waals surface area contributed by atoms with Crippen molar-refractivity contribution in [2.24, 2.45) is 0 Å². The molecule has 0 saturated carbocycles. The van der Waals surface area contributed by atoms with Gasteiger partial charge in [0.25, 0.3) is 0 Å². The number of nitrogens with one attached hydrogen (secondary N) is 1. The summed E-state index contributed by atoms with van der Waals surface area (Å²) in [6.07, 6.45) is -0.328. The first kappa shape index (κ1) is 18.9. The number of sulfone groups is 1. The Morgan fingerprint density at radius 3 is 2.32 bits per heavy atom. The van der Waals surface area contributed by atoms with Crippen molar-refractivity contribution in [1.29, 1.82) is 0 Å². The van der Waals surface area contributed by atoms with Crippen LogP contribution in [0.2, 0.25) is 0 Å². The Labute approximate surface area is 146 Å². The standard InChI is InChI=1S/C18H21NO5S/c1-12(2)25(23,24)11-17(20)19-16(10-18(21)22)15-8-7-13-5-3-4-6-14(13)9-15/h3-9,12,16H,10-11H2,1-2H3,(H,19,20)(H,21,22)/t16-/m0/s1. The lowest BCUT2D eigenvalue weighted by molar-refractivity contribution is -0.137. The third-order valence-electron chi connectivity index (χ3n) is 3.94. The molecule has 7 heteroatoms. The molecule has 6 nitrogen and oxygen atoms in total. The molecule has 1 atom stereocenters. The van der Waals surface area contributed by atoms with Crippen molar-refractivity contribution in [1.82, 2.24) is 5.32 Å². The Balaban J connectivity index is 2.25. The summed E-state index contributed by atoms with van der Waals surface area (Å²) in [7, 11) is -3.55. The monoisotopic (exact) mass is 363 g/mol. The van der Waals surface area contributed by atoms with Crippen LogP contribution in [0.3, 0.4) is 0 Å². The molecule has 0 bridgehead atoms. The first-order valence-corrected chi connectivity index (χ1v) is 9.62. The molecule has 134 valence electrons. The van der Waals surface area contributed by atoms with E-state index in [0.29, 0.717) is 5.56 Å². The number of carbonyl (C=O) groups is 2. The Morgan fingerprint density at radius 1 is 1.08 bits per heavy atom. The van der Waals surface area contributed by atoms with E-state index in [0.717, 1.165) is 10.8 Å². The molecule has 0 aliphatic heterocycles. The zero-order chi connectivity index (χ0) is 18.6. The van der Waals surface area contributed by atoms with Gasteiger partial charge in [-0.05, 0) is 36.2 Å². The maximum absolute atomic E-state index is 12.1. The van der Waals surface area contributed by atoms with Crippen molar-refractivity contribution in [3.05, 3.63) is 48.0 Å². The highest BCUT2D eigenvalue weighted by molar-refractivity contribution is 7.92. The molecule has 2 aromatic rings. The van der Waals surface area contributed by atoms with Crippen LogP contribution in [0.25, 0.3) is 10.8 Å². The second kappa shape index (κ2) is 7.65. The van der Waals surface area contributed by atoms with Gasteiger partial charge < -0.3 is 10.4 Å². The van der Waals surface area contributed by atoms with Gasteiger partial charge in [-0.25, -0.2) is 8.42 Å². The number of rotatable bonds is 7. The van der Waals surface area contributed by atoms with Crippen LogP contribution in [-0.4, -0.2) is 36.4 Å². The zero-order valence-electron chi connectivity index (χ0n) is 14.1. The minimum atomic E-state index is -3.55. The van der Waals surface area contributed by atoms with Crippen molar-refractivity contribution in [2.75, 3.05) is 5.75 Å². The molecule has 0 aliphatic carbocycles. The summed E-state index contributed by atoms with van der Waals surface area (Å²) in [5.74, 6) is -2.44. The average molecular weight is 363 g/mol. The summed E-state index contributed by atoms with van der Waals surface area (Å²) in [6.45, 7) is 3.00. The topological polar surface area (TPSA) is 101 Å². The minimum absolute atomic E-state index is 0.328. The lowest BCUT2D eigenvalue weighted by atomic mass is 9.99. The summed E-state index contributed by atoms with van der Waals surface area (Å²) in [5.41, 5.74) is 0.622. The van der Waals surface area contributed by atoms with Gasteiger partial charge in [-0.3, -0.25) is 9.59 Å². The third kappa shape index (κ3) is 5.03. The summed E-state index contributed by atoms with van der Waals surface area (Å²) in [6, 6.07) is 12.2. The molecule has 0 saturated heterocycles. The van der Waals surface area contributed by atoms with E-state index in [-0.39, 0.29) is 6.42 Å². The fraction of sp³-hybridized carbons (Fsp3) is 0.333. The molecule has 0 aliphatic rings. The number of benzene rings is 2. The second-order valence-corrected chi connectivity index (χ2v) is 8.74. The van der Waals surface area contributed by atoms with Crippen LogP contribution in [0.4, 0.5) is 0 Å². The van der Waals surface area contributed by atoms with Gasteiger partial charge in [-0.2, -0.15) is 0 Å². The summed E-state index contributed by atoms with van der Waals surface area (Å²) in [4.78, 5) is 23.3. The Kier molecular flexibility index (Phi) is 5.79. The number of fused-ring (bicyclic) bond motifs is 1. The second-order valence-electron chi connectivity index (χ2n) is 6.18. The van der Waals surface area contributed by atoms with Crippen molar-refractivity contribution in [2.45, 2.75) is 31.6 Å². The average Bonchev–Trinajstić information content (AvgIpc) is 2.52. The molecule has 0 unspecified atom stereocenters. The Hall–Kier alpha value is -2.41. The molecule has 0 radical (unpaired) electrons. The van der Waals surface area contributed by atoms with Gasteiger partial charge in [0.2, 0.25) is 5.91 Å². The molecule has 25 heavy (non-hydrogen) atoms. The van der Waals surface area contributed by atoms with Gasteiger partial charge in [0.15, 0.2) is 9.84 Å². The molecule has 0 spiro atoms. The number of carbonyl (C=O) groups excluding carboxylic acids is 1. The fourth-order valence-electron chi connectivity index (χ4n) is 2.44. The Bertz CT molecular complexity index is 889. The van der Waals surface area contributed by atoms with E-state index in [9.17, 15) is 18.0 Å². The molecule has 2 aromatic carbocycles. The number of amides is 1. The van der Waals surface area contributed by atoms with Crippen molar-refractivity contribution >= 4 is 32.5 Å². The molecule has 0 aromatic heterocycles. The van der Waals surface area contributed by atoms with Gasteiger partial charge in [-0.1, -0.05) is 36.4 Å². The third-order valence-corrected chi connectivity index (χ3v) is 6.04. The van der Waals surface area contributed by atoms with Crippen LogP contribution in [0.15, 0.2) is 42.5 Å². The number of hydrogen-bond donors (Lipinski definition) is 2. The van der Waals surface area contributed by atoms with Crippen LogP contribution in [0.5, 0.6) is 0 Å². The van der Waals surface area contributed by atoms with Gasteiger partial charge in [-0.15, -0.1) is 0 Å². The molecular formula is C18H21NO5S. The van der Waals surface area contributed by atoms with Crippen molar-refractivity contribution in [3.63, 3.8) is 0 Å². The number of hydrogen-bond acceptors (Lipinski definition) is 4. The predicted molar refractivity (Wildman–Crippen MR) is 96.0 cm³/mol. The fourth-order valence-corrected chi connectivity index (χ4v) is 3.22. The lowest BCUT2D eigenvalue weighted by Crippen LogP contribution is -2.36. The van der Waals surface area contributed by atoms with Gasteiger partial charge in [0.1, 0.15) is 5.75 Å². The lowest BCUT2D eigenvalue weighted by Gasteiger charge is -2.18. The highest BCUT2D eigenvalue weighted by Gasteiger charge is 2.24. The van der Waals surface area contributed by atoms with Crippen LogP contribution in [-0.2, 0) is 19.4 Å². The molecule has 0 heterocycles. The van der Waals surface area contributed by atoms with Crippen LogP contribution in [0.1, 0.15) is 31.9 Å². The molecule has 2 rings (SSSR count). The first-order valence-electron chi connectivity index (χ1n) is 7.90. The normalized spacial score (nSPS) is 12.9. The largest absolute Gasteiger partial charge is 0.481 e. The van der Waals surface area contributed by atoms with Crippen molar-refractivity contribution in [3.8, 4) is 0 Å². The first-order chi connectivity index (χ1) is 11.7. The van der Waals surface area contributed by atoms with Gasteiger partial charge >= 0.3 is 5.97 Å². The van der Waals surface area contributed by atoms with Gasteiger partial charge in [0.05, 0.1) is 17.7 Å². The van der Waals surface area contributed by atoms with Gasteiger partial charge in [0, 0.05) is 0 Å². The highest BCUT2D eigenvalue weighted by Crippen LogP contribution is 2.23. The number of aliphatic carboxylic acids is 1. The van der Waals surface area contributed by atoms with E-state index in [2.05, 4.69) is 5.32 Å². The summed E-state index contributed by atoms with van der Waals surface area (Å²) >= 11 is 0. The van der Waals surface area contributed by atoms with Crippen LogP contribution >= 0.6 is 0 Å². The van der Waals surface area contributed by atoms with E-state index in [1.54, 1.807) is 12.1 Å². The molecule has 2 N–H and O–H groups in total. The highest BCUT2D eigenvalue weighted by atomic mass is 32.2. The minimum Gasteiger partial charge on any atom is -0.481 e. The van der Waals surface area contributed by atoms with E-state index >= 15 is 0 Å². The smallest absolute Gasteiger partial charge is 0.305 e. The van der Waals surface area contributed by atoms with E-state index < -0.39 is 38.8 Å². The SMILES string of the molecule is CC(C)S(=O)(=O)CC(=O)N[C@@H](CC(=O)O)c1ccc2ccccc2c1.